The molecule has 0 aliphatic heterocycles. The number of allylic oxidation sites excluding steroid dienone is 1. The Kier molecular flexibility index (Phi) is 7.56. The zero-order valence-corrected chi connectivity index (χ0v) is 11.3. The van der Waals surface area contributed by atoms with Gasteiger partial charge in [0.15, 0.2) is 0 Å². The molecule has 0 aromatic heterocycles. The minimum Gasteiger partial charge on any atom is -0.597 e. The quantitative estimate of drug-likeness (QED) is 0.529. The molecular formula is C10H17NY-2. The summed E-state index contributed by atoms with van der Waals surface area (Å²) in [6.45, 7) is 19.1. The maximum Gasteiger partial charge on any atom is 0 e. The summed E-state index contributed by atoms with van der Waals surface area (Å²) >= 11 is 0. The van der Waals surface area contributed by atoms with Crippen LogP contribution in [0.3, 0.4) is 0 Å². The zero-order chi connectivity index (χ0) is 9.07. The minimum absolute atomic E-state index is 0. The molecule has 1 nitrogen and oxygen atoms in total. The fraction of sp³-hybridized carbons (Fsp3) is 0.700. The van der Waals surface area contributed by atoms with Crippen LogP contribution >= 0.6 is 0 Å². The van der Waals surface area contributed by atoms with Crippen LogP contribution in [0.1, 0.15) is 34.1 Å². The molecular weight excluding hydrogens is 223 g/mol. The van der Waals surface area contributed by atoms with Gasteiger partial charge in [-0.3, -0.25) is 5.70 Å². The Balaban J connectivity index is 0. The molecule has 67 valence electrons. The van der Waals surface area contributed by atoms with E-state index in [-0.39, 0.29) is 38.1 Å². The molecule has 12 heavy (non-hydrogen) atoms. The summed E-state index contributed by atoms with van der Waals surface area (Å²) in [7, 11) is 0. The van der Waals surface area contributed by atoms with Gasteiger partial charge in [0.2, 0.25) is 0 Å². The molecule has 0 fully saturated rings. The molecule has 0 rings (SSSR count). The maximum atomic E-state index is 5.62. The van der Waals surface area contributed by atoms with E-state index in [4.69, 9.17) is 13.3 Å². The Bertz CT molecular complexity index is 159. The van der Waals surface area contributed by atoms with Gasteiger partial charge in [-0.25, -0.2) is 0 Å². The van der Waals surface area contributed by atoms with E-state index >= 15 is 0 Å². The molecule has 0 atom stereocenters. The van der Waals surface area contributed by atoms with Gasteiger partial charge in [0.25, 0.3) is 0 Å². The average molecular weight is 240 g/mol. The second-order valence-electron chi connectivity index (χ2n) is 4.00. The van der Waals surface area contributed by atoms with Gasteiger partial charge in [-0.2, -0.15) is 6.72 Å². The molecule has 0 unspecified atom stereocenters. The van der Waals surface area contributed by atoms with Crippen molar-refractivity contribution < 1.29 is 32.7 Å². The third-order valence-electron chi connectivity index (χ3n) is 1.75. The van der Waals surface area contributed by atoms with Crippen LogP contribution in [-0.4, -0.2) is 6.72 Å². The van der Waals surface area contributed by atoms with Crippen molar-refractivity contribution in [1.29, 1.82) is 0 Å². The second kappa shape index (κ2) is 6.04. The normalized spacial score (nSPS) is 10.8. The SMILES string of the molecule is [CH-]=NC(=[CH-])C(C)(C)CC(C)C.[Y]. The fourth-order valence-corrected chi connectivity index (χ4v) is 1.30. The first-order chi connectivity index (χ1) is 4.90. The van der Waals surface area contributed by atoms with Crippen LogP contribution in [-0.2, 0) is 32.7 Å². The fourth-order valence-electron chi connectivity index (χ4n) is 1.30. The molecule has 0 heterocycles. The van der Waals surface area contributed by atoms with Crippen molar-refractivity contribution in [2.45, 2.75) is 34.1 Å². The molecule has 0 spiro atoms. The molecule has 1 radical (unpaired) electrons. The van der Waals surface area contributed by atoms with Crippen molar-refractivity contribution in [3.8, 4) is 0 Å². The zero-order valence-electron chi connectivity index (χ0n) is 8.46. The van der Waals surface area contributed by atoms with Crippen molar-refractivity contribution in [3.05, 3.63) is 12.3 Å². The van der Waals surface area contributed by atoms with Crippen molar-refractivity contribution >= 4 is 6.72 Å². The first-order valence-corrected chi connectivity index (χ1v) is 3.94. The van der Waals surface area contributed by atoms with Gasteiger partial charge in [-0.05, 0) is 5.92 Å². The molecule has 0 saturated heterocycles. The number of rotatable bonds is 4. The summed E-state index contributed by atoms with van der Waals surface area (Å²) in [5, 5.41) is 0. The minimum atomic E-state index is -0.0666. The first-order valence-electron chi connectivity index (χ1n) is 3.94. The van der Waals surface area contributed by atoms with Crippen LogP contribution in [0.5, 0.6) is 0 Å². The molecule has 0 aliphatic carbocycles. The van der Waals surface area contributed by atoms with E-state index in [9.17, 15) is 0 Å². The van der Waals surface area contributed by atoms with Crippen molar-refractivity contribution in [3.63, 3.8) is 0 Å². The smallest absolute Gasteiger partial charge is 0 e. The van der Waals surface area contributed by atoms with E-state index in [2.05, 4.69) is 32.7 Å². The van der Waals surface area contributed by atoms with E-state index < -0.39 is 0 Å². The number of aliphatic imine (C=N–C) groups is 1. The summed E-state index contributed by atoms with van der Waals surface area (Å²) < 4.78 is 0. The Morgan fingerprint density at radius 1 is 1.42 bits per heavy atom. The molecule has 0 N–H and O–H groups in total. The summed E-state index contributed by atoms with van der Waals surface area (Å²) in [6.07, 6.45) is 1.01. The maximum absolute atomic E-state index is 5.62. The van der Waals surface area contributed by atoms with Gasteiger partial charge >= 0.3 is 0 Å². The third-order valence-corrected chi connectivity index (χ3v) is 1.75. The van der Waals surface area contributed by atoms with Gasteiger partial charge in [0, 0.05) is 32.7 Å². The molecule has 0 aromatic carbocycles. The van der Waals surface area contributed by atoms with Crippen LogP contribution in [0.25, 0.3) is 0 Å². The van der Waals surface area contributed by atoms with Gasteiger partial charge in [0.05, 0.1) is 0 Å². The molecule has 0 saturated carbocycles. The first kappa shape index (κ1) is 15.0. The van der Waals surface area contributed by atoms with Crippen molar-refractivity contribution in [1.82, 2.24) is 0 Å². The van der Waals surface area contributed by atoms with Gasteiger partial charge in [-0.1, -0.05) is 39.5 Å². The number of hydrogen-bond acceptors (Lipinski definition) is 1. The van der Waals surface area contributed by atoms with Crippen molar-refractivity contribution in [2.24, 2.45) is 16.3 Å². The molecule has 2 heteroatoms. The van der Waals surface area contributed by atoms with Crippen LogP contribution < -0.4 is 0 Å². The topological polar surface area (TPSA) is 12.4 Å². The average Bonchev–Trinajstić information content (AvgIpc) is 1.83. The Morgan fingerprint density at radius 3 is 2.08 bits per heavy atom. The Hall–Kier alpha value is 0.514. The molecule has 0 amide bonds. The van der Waals surface area contributed by atoms with Crippen molar-refractivity contribution in [2.75, 3.05) is 0 Å². The van der Waals surface area contributed by atoms with Crippen LogP contribution in [0.15, 0.2) is 10.7 Å². The van der Waals surface area contributed by atoms with Crippen LogP contribution in [0.4, 0.5) is 0 Å². The molecule has 0 bridgehead atoms. The third kappa shape index (κ3) is 5.21. The summed E-state index contributed by atoms with van der Waals surface area (Å²) in [5.74, 6) is 0.616. The van der Waals surface area contributed by atoms with E-state index in [1.54, 1.807) is 0 Å². The monoisotopic (exact) mass is 240 g/mol. The second-order valence-corrected chi connectivity index (χ2v) is 4.00. The van der Waals surface area contributed by atoms with Crippen LogP contribution in [0, 0.1) is 17.9 Å². The van der Waals surface area contributed by atoms with Gasteiger partial charge < -0.3 is 11.6 Å². The summed E-state index contributed by atoms with van der Waals surface area (Å²) in [4.78, 5) is 3.51. The van der Waals surface area contributed by atoms with Gasteiger partial charge in [-0.15, -0.1) is 0 Å². The van der Waals surface area contributed by atoms with Gasteiger partial charge in [0.1, 0.15) is 0 Å². The number of hydrogen-bond donors (Lipinski definition) is 0. The van der Waals surface area contributed by atoms with E-state index in [0.29, 0.717) is 11.6 Å². The predicted molar refractivity (Wildman–Crippen MR) is 49.5 cm³/mol. The predicted octanol–water partition coefficient (Wildman–Crippen LogP) is 2.95. The Morgan fingerprint density at radius 2 is 1.83 bits per heavy atom. The van der Waals surface area contributed by atoms with E-state index in [0.717, 1.165) is 6.42 Å². The molecule has 0 aromatic rings. The molecule has 0 aliphatic rings. The van der Waals surface area contributed by atoms with E-state index in [1.807, 2.05) is 0 Å². The standard InChI is InChI=1S/C10H17N.Y/c1-8(2)7-10(4,5)9(3)11-6;/h3,6,8H,7H2,1-2,4-5H3;/q-2;. The largest absolute Gasteiger partial charge is 0.597 e. The number of nitrogens with zero attached hydrogens (tertiary/aromatic N) is 1. The van der Waals surface area contributed by atoms with Crippen LogP contribution in [0.2, 0.25) is 0 Å². The van der Waals surface area contributed by atoms with E-state index in [1.165, 1.54) is 0 Å². The summed E-state index contributed by atoms with van der Waals surface area (Å²) in [6, 6.07) is 0. The Labute approximate surface area is 102 Å². The summed E-state index contributed by atoms with van der Waals surface area (Å²) in [5.41, 5.74) is 0.467.